The number of allylic oxidation sites excluding steroid dienone is 4. The van der Waals surface area contributed by atoms with Crippen molar-refractivity contribution in [3.05, 3.63) is 24.3 Å². The van der Waals surface area contributed by atoms with Crippen LogP contribution in [0.5, 0.6) is 0 Å². The number of hydrogen-bond acceptors (Lipinski definition) is 6. The van der Waals surface area contributed by atoms with Crippen molar-refractivity contribution in [2.45, 2.75) is 90.6 Å². The summed E-state index contributed by atoms with van der Waals surface area (Å²) >= 11 is 0. The van der Waals surface area contributed by atoms with Crippen molar-refractivity contribution >= 4 is 17.7 Å². The lowest BCUT2D eigenvalue weighted by Gasteiger charge is -2.14. The Morgan fingerprint density at radius 2 is 1.62 bits per heavy atom. The Morgan fingerprint density at radius 3 is 2.28 bits per heavy atom. The summed E-state index contributed by atoms with van der Waals surface area (Å²) in [5.74, 6) is -0.732. The molecule has 0 saturated heterocycles. The lowest BCUT2D eigenvalue weighted by molar-refractivity contribution is -0.159. The van der Waals surface area contributed by atoms with Gasteiger partial charge in [-0.05, 0) is 31.8 Å². The highest BCUT2D eigenvalue weighted by atomic mass is 16.6. The van der Waals surface area contributed by atoms with Gasteiger partial charge in [0.2, 0.25) is 0 Å². The van der Waals surface area contributed by atoms with Crippen molar-refractivity contribution in [3.8, 4) is 0 Å². The van der Waals surface area contributed by atoms with E-state index in [1.165, 1.54) is 26.2 Å². The van der Waals surface area contributed by atoms with Gasteiger partial charge in [0.25, 0.3) is 0 Å². The Morgan fingerprint density at radius 1 is 0.931 bits per heavy atom. The normalized spacial score (nSPS) is 12.4. The molecule has 0 bridgehead atoms. The van der Waals surface area contributed by atoms with Gasteiger partial charge in [0.15, 0.2) is 11.9 Å². The zero-order chi connectivity index (χ0) is 21.7. The third-order valence-corrected chi connectivity index (χ3v) is 4.27. The van der Waals surface area contributed by atoms with Crippen molar-refractivity contribution in [1.29, 1.82) is 0 Å². The van der Waals surface area contributed by atoms with Crippen LogP contribution in [0.25, 0.3) is 0 Å². The second-order valence-electron chi connectivity index (χ2n) is 7.11. The van der Waals surface area contributed by atoms with E-state index in [0.717, 1.165) is 32.1 Å². The predicted octanol–water partition coefficient (Wildman–Crippen LogP) is 4.45. The fourth-order valence-corrected chi connectivity index (χ4v) is 2.65. The van der Waals surface area contributed by atoms with E-state index in [2.05, 4.69) is 13.0 Å². The topological polar surface area (TPSA) is 89.9 Å². The molecular formula is C23H38O6. The number of carbonyl (C=O) groups is 3. The summed E-state index contributed by atoms with van der Waals surface area (Å²) < 4.78 is 9.78. The van der Waals surface area contributed by atoms with Crippen molar-refractivity contribution in [2.24, 2.45) is 0 Å². The second kappa shape index (κ2) is 19.4. The molecule has 1 atom stereocenters. The zero-order valence-corrected chi connectivity index (χ0v) is 18.1. The van der Waals surface area contributed by atoms with Gasteiger partial charge < -0.3 is 14.6 Å². The SMILES string of the molecule is CCCCC/C=C\C=C\C(=O)CCCCCCCC(=O)OC[C@H](CO)OC(C)=O. The van der Waals surface area contributed by atoms with Crippen LogP contribution in [0.15, 0.2) is 24.3 Å². The number of hydrogen-bond donors (Lipinski definition) is 1. The van der Waals surface area contributed by atoms with Gasteiger partial charge in [0, 0.05) is 19.8 Å². The molecule has 0 unspecified atom stereocenters. The molecule has 0 radical (unpaired) electrons. The van der Waals surface area contributed by atoms with E-state index >= 15 is 0 Å². The minimum Gasteiger partial charge on any atom is -0.462 e. The number of aliphatic hydroxyl groups excluding tert-OH is 1. The summed E-state index contributed by atoms with van der Waals surface area (Å²) in [7, 11) is 0. The molecule has 0 aliphatic rings. The maximum Gasteiger partial charge on any atom is 0.305 e. The summed E-state index contributed by atoms with van der Waals surface area (Å²) in [5, 5.41) is 9.02. The molecule has 1 N–H and O–H groups in total. The van der Waals surface area contributed by atoms with Crippen LogP contribution >= 0.6 is 0 Å². The third kappa shape index (κ3) is 19.2. The average Bonchev–Trinajstić information content (AvgIpc) is 2.69. The molecule has 166 valence electrons. The van der Waals surface area contributed by atoms with Crippen LogP contribution in [0.1, 0.15) is 84.5 Å². The number of carbonyl (C=O) groups excluding carboxylic acids is 3. The molecule has 0 aromatic rings. The van der Waals surface area contributed by atoms with Crippen molar-refractivity contribution in [3.63, 3.8) is 0 Å². The van der Waals surface area contributed by atoms with Crippen molar-refractivity contribution in [1.82, 2.24) is 0 Å². The molecular weight excluding hydrogens is 372 g/mol. The van der Waals surface area contributed by atoms with E-state index in [-0.39, 0.29) is 25.0 Å². The van der Waals surface area contributed by atoms with E-state index < -0.39 is 12.1 Å². The van der Waals surface area contributed by atoms with Crippen LogP contribution in [-0.2, 0) is 23.9 Å². The van der Waals surface area contributed by atoms with Crippen molar-refractivity contribution in [2.75, 3.05) is 13.2 Å². The Kier molecular flexibility index (Phi) is 18.1. The number of aliphatic hydroxyl groups is 1. The predicted molar refractivity (Wildman–Crippen MR) is 113 cm³/mol. The number of ketones is 1. The van der Waals surface area contributed by atoms with Gasteiger partial charge in [0.05, 0.1) is 6.61 Å². The highest BCUT2D eigenvalue weighted by Gasteiger charge is 2.13. The molecule has 0 spiro atoms. The molecule has 6 nitrogen and oxygen atoms in total. The van der Waals surface area contributed by atoms with Crippen LogP contribution in [-0.4, -0.2) is 42.1 Å². The van der Waals surface area contributed by atoms with E-state index in [1.54, 1.807) is 6.08 Å². The Bertz CT molecular complexity index is 509. The monoisotopic (exact) mass is 410 g/mol. The number of rotatable bonds is 18. The fraction of sp³-hybridized carbons (Fsp3) is 0.696. The van der Waals surface area contributed by atoms with E-state index in [1.807, 2.05) is 12.2 Å². The highest BCUT2D eigenvalue weighted by Crippen LogP contribution is 2.09. The number of esters is 2. The fourth-order valence-electron chi connectivity index (χ4n) is 2.65. The third-order valence-electron chi connectivity index (χ3n) is 4.27. The van der Waals surface area contributed by atoms with Crippen LogP contribution in [0.3, 0.4) is 0 Å². The largest absolute Gasteiger partial charge is 0.462 e. The minimum absolute atomic E-state index is 0.127. The first kappa shape index (κ1) is 27.0. The average molecular weight is 411 g/mol. The standard InChI is InChI=1S/C23H38O6/c1-3-4-5-6-7-9-12-15-21(26)16-13-10-8-11-14-17-23(27)28-19-22(18-24)29-20(2)25/h7,9,12,15,22,24H,3-6,8,10-11,13-14,16-19H2,1-2H3/b9-7-,15-12+/t22-/m0/s1. The van der Waals surface area contributed by atoms with Crippen LogP contribution in [0.2, 0.25) is 0 Å². The molecule has 29 heavy (non-hydrogen) atoms. The maximum absolute atomic E-state index is 11.7. The summed E-state index contributed by atoms with van der Waals surface area (Å²) in [6, 6.07) is 0. The number of ether oxygens (including phenoxy) is 2. The van der Waals surface area contributed by atoms with Gasteiger partial charge >= 0.3 is 11.9 Å². The van der Waals surface area contributed by atoms with Gasteiger partial charge in [-0.15, -0.1) is 0 Å². The Labute approximate surface area is 175 Å². The van der Waals surface area contributed by atoms with Crippen LogP contribution < -0.4 is 0 Å². The van der Waals surface area contributed by atoms with Crippen molar-refractivity contribution < 1.29 is 29.0 Å². The summed E-state index contributed by atoms with van der Waals surface area (Å²) in [6.07, 6.45) is 16.7. The molecule has 0 saturated carbocycles. The van der Waals surface area contributed by atoms with Gasteiger partial charge in [0.1, 0.15) is 6.61 Å². The Balaban J connectivity index is 3.61. The van der Waals surface area contributed by atoms with Crippen LogP contribution in [0, 0.1) is 0 Å². The molecule has 0 aliphatic heterocycles. The molecule has 6 heteroatoms. The van der Waals surface area contributed by atoms with E-state index in [9.17, 15) is 14.4 Å². The first-order valence-electron chi connectivity index (χ1n) is 10.8. The first-order chi connectivity index (χ1) is 14.0. The zero-order valence-electron chi connectivity index (χ0n) is 18.1. The second-order valence-corrected chi connectivity index (χ2v) is 7.11. The highest BCUT2D eigenvalue weighted by molar-refractivity contribution is 5.89. The molecule has 0 amide bonds. The smallest absolute Gasteiger partial charge is 0.305 e. The summed E-state index contributed by atoms with van der Waals surface area (Å²) in [6.45, 7) is 2.91. The lowest BCUT2D eigenvalue weighted by atomic mass is 10.1. The molecule has 0 heterocycles. The molecule has 0 fully saturated rings. The number of unbranched alkanes of at least 4 members (excludes halogenated alkanes) is 7. The van der Waals surface area contributed by atoms with Gasteiger partial charge in [-0.25, -0.2) is 0 Å². The maximum atomic E-state index is 11.7. The molecule has 0 aliphatic carbocycles. The molecule has 0 aromatic heterocycles. The quantitative estimate of drug-likeness (QED) is 0.155. The van der Waals surface area contributed by atoms with E-state index in [4.69, 9.17) is 14.6 Å². The van der Waals surface area contributed by atoms with Gasteiger partial charge in [-0.3, -0.25) is 14.4 Å². The summed E-state index contributed by atoms with van der Waals surface area (Å²) in [4.78, 5) is 34.2. The van der Waals surface area contributed by atoms with Gasteiger partial charge in [-0.2, -0.15) is 0 Å². The van der Waals surface area contributed by atoms with Gasteiger partial charge in [-0.1, -0.05) is 57.3 Å². The first-order valence-corrected chi connectivity index (χ1v) is 10.8. The van der Waals surface area contributed by atoms with Crippen LogP contribution in [0.4, 0.5) is 0 Å². The van der Waals surface area contributed by atoms with E-state index in [0.29, 0.717) is 19.3 Å². The molecule has 0 rings (SSSR count). The Hall–Kier alpha value is -1.95. The minimum atomic E-state index is -0.806. The molecule has 0 aromatic carbocycles. The lowest BCUT2D eigenvalue weighted by Crippen LogP contribution is -2.27. The summed E-state index contributed by atoms with van der Waals surface area (Å²) in [5.41, 5.74) is 0.